The summed E-state index contributed by atoms with van der Waals surface area (Å²) in [4.78, 5) is 25.5. The van der Waals surface area contributed by atoms with Crippen LogP contribution in [0.1, 0.15) is 0 Å². The molecule has 0 amide bonds. The smallest absolute Gasteiger partial charge is 0.361 e. The molecule has 74 valence electrons. The lowest BCUT2D eigenvalue weighted by Crippen LogP contribution is -2.14. The molecule has 0 bridgehead atoms. The number of rotatable bonds is 4. The van der Waals surface area contributed by atoms with E-state index in [4.69, 9.17) is 19.8 Å². The van der Waals surface area contributed by atoms with Crippen LogP contribution in [0.25, 0.3) is 0 Å². The number of hydrogen-bond donors (Lipinski definition) is 4. The van der Waals surface area contributed by atoms with E-state index in [9.17, 15) is 9.13 Å². The lowest BCUT2D eigenvalue weighted by molar-refractivity contribution is 0.270. The van der Waals surface area contributed by atoms with E-state index in [1.807, 2.05) is 0 Å². The molecule has 12 heavy (non-hydrogen) atoms. The predicted molar refractivity (Wildman–Crippen MR) is 39.7 cm³/mol. The molecular weight excluding hydrogens is 233 g/mol. The third-order valence-electron chi connectivity index (χ3n) is 1.03. The summed E-state index contributed by atoms with van der Waals surface area (Å²) in [5, 5.41) is 6.17. The van der Waals surface area contributed by atoms with E-state index in [1.165, 1.54) is 0 Å². The Morgan fingerprint density at radius 3 is 1.83 bits per heavy atom. The molecule has 0 saturated heterocycles. The van der Waals surface area contributed by atoms with Crippen LogP contribution in [0.3, 0.4) is 0 Å². The first-order valence-electron chi connectivity index (χ1n) is 2.54. The summed E-state index contributed by atoms with van der Waals surface area (Å²) in [6.07, 6.45) is 0. The zero-order valence-electron chi connectivity index (χ0n) is 5.57. The molecule has 0 radical (unpaired) electrons. The van der Waals surface area contributed by atoms with Crippen LogP contribution in [-0.4, -0.2) is 31.8 Å². The summed E-state index contributed by atoms with van der Waals surface area (Å²) >= 11 is 4.51. The van der Waals surface area contributed by atoms with Gasteiger partial charge in [-0.2, -0.15) is 4.08 Å². The van der Waals surface area contributed by atoms with Crippen molar-refractivity contribution in [3.05, 3.63) is 0 Å². The lowest BCUT2D eigenvalue weighted by Gasteiger charge is -2.17. The Labute approximate surface area is 72.8 Å². The van der Waals surface area contributed by atoms with Crippen LogP contribution in [0.2, 0.25) is 0 Å². The highest BCUT2D eigenvalue weighted by Gasteiger charge is 2.45. The first-order valence-corrected chi connectivity index (χ1v) is 6.18. The highest BCUT2D eigenvalue weighted by molar-refractivity contribution is 7.71. The van der Waals surface area contributed by atoms with Crippen molar-refractivity contribution in [2.75, 3.05) is 6.61 Å². The lowest BCUT2D eigenvalue weighted by atomic mass is 10.9. The maximum Gasteiger partial charge on any atom is 0.361 e. The quantitative estimate of drug-likeness (QED) is 0.503. The Morgan fingerprint density at radius 2 is 1.75 bits per heavy atom. The molecular formula is C2H7ClO7P2. The highest BCUT2D eigenvalue weighted by Crippen LogP contribution is 2.63. The fourth-order valence-corrected chi connectivity index (χ4v) is 3.07. The molecule has 0 rings (SSSR count). The average molecular weight is 240 g/mol. The summed E-state index contributed by atoms with van der Waals surface area (Å²) in [5.41, 5.74) is 0. The Kier molecular flexibility index (Phi) is 4.37. The predicted octanol–water partition coefficient (Wildman–Crippen LogP) is -0.162. The fraction of sp³-hybridized carbons (Fsp3) is 1.00. The Hall–Kier alpha value is 0.550. The maximum absolute atomic E-state index is 10.7. The topological polar surface area (TPSA) is 124 Å². The molecule has 0 aliphatic carbocycles. The zero-order valence-corrected chi connectivity index (χ0v) is 8.12. The SMILES string of the molecule is O=P(O)(O)C(CO)P(=O)(O)OCl. The molecule has 10 heteroatoms. The molecule has 0 aliphatic rings. The van der Waals surface area contributed by atoms with Gasteiger partial charge in [-0.3, -0.25) is 9.13 Å². The van der Waals surface area contributed by atoms with E-state index < -0.39 is 27.2 Å². The van der Waals surface area contributed by atoms with Crippen molar-refractivity contribution in [3.63, 3.8) is 0 Å². The molecule has 0 heterocycles. The van der Waals surface area contributed by atoms with Crippen molar-refractivity contribution in [1.82, 2.24) is 0 Å². The first kappa shape index (κ1) is 12.6. The van der Waals surface area contributed by atoms with E-state index in [-0.39, 0.29) is 0 Å². The average Bonchev–Trinajstić information content (AvgIpc) is 1.85. The summed E-state index contributed by atoms with van der Waals surface area (Å²) < 4.78 is 24.6. The number of halogens is 1. The van der Waals surface area contributed by atoms with E-state index in [0.29, 0.717) is 0 Å². The normalized spacial score (nSPS) is 20.1. The molecule has 0 aromatic heterocycles. The van der Waals surface area contributed by atoms with Gasteiger partial charge < -0.3 is 19.8 Å². The number of aliphatic hydroxyl groups excluding tert-OH is 1. The molecule has 0 aromatic carbocycles. The van der Waals surface area contributed by atoms with Crippen molar-refractivity contribution in [2.45, 2.75) is 5.40 Å². The van der Waals surface area contributed by atoms with Crippen LogP contribution in [0.15, 0.2) is 0 Å². The summed E-state index contributed by atoms with van der Waals surface area (Å²) in [6.45, 7) is -1.19. The third-order valence-corrected chi connectivity index (χ3v) is 5.45. The highest BCUT2D eigenvalue weighted by atomic mass is 35.5. The van der Waals surface area contributed by atoms with Crippen LogP contribution >= 0.6 is 27.1 Å². The van der Waals surface area contributed by atoms with Gasteiger partial charge in [0.15, 0.2) is 5.40 Å². The van der Waals surface area contributed by atoms with Crippen LogP contribution in [0, 0.1) is 0 Å². The largest absolute Gasteiger partial charge is 0.395 e. The van der Waals surface area contributed by atoms with Gasteiger partial charge in [0.05, 0.1) is 18.5 Å². The summed E-state index contributed by atoms with van der Waals surface area (Å²) in [7, 11) is -9.54. The molecule has 2 unspecified atom stereocenters. The van der Waals surface area contributed by atoms with Crippen LogP contribution in [0.4, 0.5) is 0 Å². The van der Waals surface area contributed by atoms with E-state index in [1.54, 1.807) is 0 Å². The van der Waals surface area contributed by atoms with Gasteiger partial charge in [0.25, 0.3) is 0 Å². The molecule has 7 nitrogen and oxygen atoms in total. The van der Waals surface area contributed by atoms with Crippen molar-refractivity contribution < 1.29 is 33.0 Å². The molecule has 4 N–H and O–H groups in total. The van der Waals surface area contributed by atoms with Gasteiger partial charge in [-0.15, -0.1) is 0 Å². The fourth-order valence-electron chi connectivity index (χ4n) is 0.446. The zero-order chi connectivity index (χ0) is 9.99. The molecule has 0 saturated carbocycles. The Balaban J connectivity index is 4.82. The van der Waals surface area contributed by atoms with Crippen LogP contribution in [-0.2, 0) is 13.2 Å². The second-order valence-electron chi connectivity index (χ2n) is 1.89. The number of hydrogen-bond acceptors (Lipinski definition) is 4. The Bertz CT molecular complexity index is 234. The van der Waals surface area contributed by atoms with Crippen LogP contribution < -0.4 is 0 Å². The summed E-state index contributed by atoms with van der Waals surface area (Å²) in [5.74, 6) is 0. The van der Waals surface area contributed by atoms with Gasteiger partial charge in [-0.25, -0.2) is 0 Å². The Morgan fingerprint density at radius 1 is 1.33 bits per heavy atom. The van der Waals surface area contributed by atoms with E-state index >= 15 is 0 Å². The monoisotopic (exact) mass is 240 g/mol. The summed E-state index contributed by atoms with van der Waals surface area (Å²) in [6, 6.07) is 0. The van der Waals surface area contributed by atoms with Crippen LogP contribution in [0.5, 0.6) is 0 Å². The van der Waals surface area contributed by atoms with Gasteiger partial charge in [-0.1, -0.05) is 0 Å². The minimum absolute atomic E-state index is 1.19. The first-order chi connectivity index (χ1) is 5.25. The molecule has 2 atom stereocenters. The second kappa shape index (κ2) is 4.17. The third kappa shape index (κ3) is 3.12. The van der Waals surface area contributed by atoms with Crippen molar-refractivity contribution in [1.29, 1.82) is 0 Å². The molecule has 0 aromatic rings. The molecule has 0 aliphatic heterocycles. The van der Waals surface area contributed by atoms with Gasteiger partial charge in [-0.05, 0) is 0 Å². The second-order valence-corrected chi connectivity index (χ2v) is 6.40. The van der Waals surface area contributed by atoms with Gasteiger partial charge >= 0.3 is 15.2 Å². The molecule has 0 fully saturated rings. The van der Waals surface area contributed by atoms with E-state index in [0.717, 1.165) is 0 Å². The minimum Gasteiger partial charge on any atom is -0.395 e. The number of aliphatic hydroxyl groups is 1. The van der Waals surface area contributed by atoms with Crippen molar-refractivity contribution in [2.24, 2.45) is 0 Å². The van der Waals surface area contributed by atoms with Crippen molar-refractivity contribution >= 4 is 27.1 Å². The van der Waals surface area contributed by atoms with Gasteiger partial charge in [0.2, 0.25) is 0 Å². The minimum atomic E-state index is -4.89. The van der Waals surface area contributed by atoms with Crippen molar-refractivity contribution in [3.8, 4) is 0 Å². The standard InChI is InChI=1S/C2H7ClO7P2/c3-10-12(8,9)2(1-4)11(5,6)7/h2,4H,1H2,(H,8,9)(H2,5,6,7). The maximum atomic E-state index is 10.7. The van der Waals surface area contributed by atoms with Gasteiger partial charge in [0, 0.05) is 0 Å². The van der Waals surface area contributed by atoms with Gasteiger partial charge in [0.1, 0.15) is 0 Å². The van der Waals surface area contributed by atoms with E-state index in [2.05, 4.69) is 15.9 Å². The molecule has 0 spiro atoms.